The molecular weight excluding hydrogens is 342 g/mol. The third-order valence-electron chi connectivity index (χ3n) is 2.29. The summed E-state index contributed by atoms with van der Waals surface area (Å²) in [5.41, 5.74) is 1.57. The second kappa shape index (κ2) is 8.53. The smallest absolute Gasteiger partial charge is 0.129 e. The first-order valence-corrected chi connectivity index (χ1v) is 8.22. The number of rotatable bonds is 7. The molecule has 112 valence electrons. The van der Waals surface area contributed by atoms with Gasteiger partial charge in [-0.2, -0.15) is 0 Å². The van der Waals surface area contributed by atoms with Crippen LogP contribution < -0.4 is 4.74 Å². The summed E-state index contributed by atoms with van der Waals surface area (Å²) in [6.07, 6.45) is 0.844. The fraction of sp³-hybridized carbons (Fsp3) is 0.533. The summed E-state index contributed by atoms with van der Waals surface area (Å²) in [6.45, 7) is 6.54. The van der Waals surface area contributed by atoms with Gasteiger partial charge >= 0.3 is 0 Å². The van der Waals surface area contributed by atoms with Gasteiger partial charge in [0.25, 0.3) is 0 Å². The fourth-order valence-electron chi connectivity index (χ4n) is 1.33. The number of benzene rings is 1. The van der Waals surface area contributed by atoms with Gasteiger partial charge in [-0.3, -0.25) is 0 Å². The van der Waals surface area contributed by atoms with E-state index in [1.807, 2.05) is 45.0 Å². The Labute approximate surface area is 134 Å². The lowest BCUT2D eigenvalue weighted by molar-refractivity contribution is 0.00102. The van der Waals surface area contributed by atoms with Crippen molar-refractivity contribution in [2.24, 2.45) is 5.16 Å². The normalized spacial score (nSPS) is 12.3. The molecule has 0 radical (unpaired) electrons. The quantitative estimate of drug-likeness (QED) is 0.307. The molecular formula is C15H21BrClNO2. The number of nitrogens with zero attached hydrogens (tertiary/aromatic N) is 1. The molecule has 20 heavy (non-hydrogen) atoms. The summed E-state index contributed by atoms with van der Waals surface area (Å²) in [5.74, 6) is 1.45. The molecule has 0 heterocycles. The molecule has 1 aromatic rings. The Kier molecular flexibility index (Phi) is 7.38. The van der Waals surface area contributed by atoms with Crippen LogP contribution in [-0.4, -0.2) is 29.1 Å². The second-order valence-corrected chi connectivity index (χ2v) is 6.23. The van der Waals surface area contributed by atoms with Crippen molar-refractivity contribution in [2.45, 2.75) is 32.8 Å². The van der Waals surface area contributed by atoms with E-state index in [2.05, 4.69) is 21.1 Å². The number of ether oxygens (including phenoxy) is 1. The third-order valence-corrected chi connectivity index (χ3v) is 3.09. The first-order valence-electron chi connectivity index (χ1n) is 6.56. The first-order chi connectivity index (χ1) is 9.46. The standard InChI is InChI=1S/C15H21BrClNO2/c1-15(2,3)20-18-14(11-16)12-5-7-13(8-6-12)19-10-4-9-17/h5-8H,4,9-11H2,1-3H3/b18-14+. The van der Waals surface area contributed by atoms with Crippen molar-refractivity contribution < 1.29 is 9.57 Å². The molecule has 0 aliphatic rings. The lowest BCUT2D eigenvalue weighted by Gasteiger charge is -2.16. The fourth-order valence-corrected chi connectivity index (χ4v) is 1.87. The summed E-state index contributed by atoms with van der Waals surface area (Å²) >= 11 is 9.04. The Balaban J connectivity index is 2.69. The average molecular weight is 363 g/mol. The predicted molar refractivity (Wildman–Crippen MR) is 88.4 cm³/mol. The van der Waals surface area contributed by atoms with Gasteiger partial charge in [0.15, 0.2) is 0 Å². The van der Waals surface area contributed by atoms with Crippen LogP contribution in [0, 0.1) is 0 Å². The number of halogens is 2. The largest absolute Gasteiger partial charge is 0.494 e. The van der Waals surface area contributed by atoms with Gasteiger partial charge in [0.2, 0.25) is 0 Å². The van der Waals surface area contributed by atoms with E-state index < -0.39 is 0 Å². The lowest BCUT2D eigenvalue weighted by atomic mass is 10.1. The van der Waals surface area contributed by atoms with Gasteiger partial charge in [-0.25, -0.2) is 0 Å². The Morgan fingerprint density at radius 3 is 2.40 bits per heavy atom. The molecule has 0 aromatic heterocycles. The second-order valence-electron chi connectivity index (χ2n) is 5.29. The molecule has 0 N–H and O–H groups in total. The van der Waals surface area contributed by atoms with Gasteiger partial charge in [-0.05, 0) is 51.5 Å². The highest BCUT2D eigenvalue weighted by Crippen LogP contribution is 2.15. The van der Waals surface area contributed by atoms with Crippen LogP contribution in [0.25, 0.3) is 0 Å². The Morgan fingerprint density at radius 2 is 1.90 bits per heavy atom. The molecule has 0 unspecified atom stereocenters. The summed E-state index contributed by atoms with van der Waals surface area (Å²) in [7, 11) is 0. The highest BCUT2D eigenvalue weighted by atomic mass is 79.9. The SMILES string of the molecule is CC(C)(C)O/N=C(\CBr)c1ccc(OCCCCl)cc1. The van der Waals surface area contributed by atoms with E-state index in [4.69, 9.17) is 21.2 Å². The van der Waals surface area contributed by atoms with Gasteiger partial charge in [0, 0.05) is 16.8 Å². The maximum atomic E-state index is 5.61. The first kappa shape index (κ1) is 17.3. The molecule has 0 amide bonds. The number of hydrogen-bond donors (Lipinski definition) is 0. The van der Waals surface area contributed by atoms with Gasteiger partial charge < -0.3 is 9.57 Å². The van der Waals surface area contributed by atoms with Gasteiger partial charge in [0.1, 0.15) is 11.4 Å². The monoisotopic (exact) mass is 361 g/mol. The van der Waals surface area contributed by atoms with E-state index >= 15 is 0 Å². The molecule has 0 spiro atoms. The van der Waals surface area contributed by atoms with Crippen molar-refractivity contribution in [3.63, 3.8) is 0 Å². The number of alkyl halides is 2. The van der Waals surface area contributed by atoms with Crippen LogP contribution in [0.1, 0.15) is 32.8 Å². The summed E-state index contributed by atoms with van der Waals surface area (Å²) in [5, 5.41) is 4.83. The predicted octanol–water partition coefficient (Wildman–Crippen LogP) is 4.61. The molecule has 0 saturated carbocycles. The van der Waals surface area contributed by atoms with Crippen LogP contribution in [0.5, 0.6) is 5.75 Å². The summed E-state index contributed by atoms with van der Waals surface area (Å²) in [4.78, 5) is 5.46. The molecule has 1 rings (SSSR count). The molecule has 3 nitrogen and oxygen atoms in total. The van der Waals surface area contributed by atoms with Crippen LogP contribution in [0.3, 0.4) is 0 Å². The molecule has 0 atom stereocenters. The van der Waals surface area contributed by atoms with Crippen LogP contribution >= 0.6 is 27.5 Å². The number of hydrogen-bond acceptors (Lipinski definition) is 3. The summed E-state index contributed by atoms with van der Waals surface area (Å²) < 4.78 is 5.56. The summed E-state index contributed by atoms with van der Waals surface area (Å²) in [6, 6.07) is 7.81. The zero-order chi connectivity index (χ0) is 15.0. The zero-order valence-corrected chi connectivity index (χ0v) is 14.5. The van der Waals surface area contributed by atoms with E-state index in [0.717, 1.165) is 23.4 Å². The molecule has 0 saturated heterocycles. The van der Waals surface area contributed by atoms with Crippen molar-refractivity contribution in [3.8, 4) is 5.75 Å². The van der Waals surface area contributed by atoms with E-state index in [1.54, 1.807) is 0 Å². The molecule has 0 fully saturated rings. The molecule has 0 bridgehead atoms. The van der Waals surface area contributed by atoms with E-state index in [9.17, 15) is 0 Å². The Hall–Kier alpha value is -0.740. The lowest BCUT2D eigenvalue weighted by Crippen LogP contribution is -2.17. The minimum atomic E-state index is -0.294. The van der Waals surface area contributed by atoms with Gasteiger partial charge in [-0.15, -0.1) is 11.6 Å². The minimum absolute atomic E-state index is 0.294. The molecule has 0 aliphatic carbocycles. The van der Waals surface area contributed by atoms with Crippen molar-refractivity contribution in [3.05, 3.63) is 29.8 Å². The van der Waals surface area contributed by atoms with Gasteiger partial charge in [0.05, 0.1) is 12.3 Å². The van der Waals surface area contributed by atoms with Crippen molar-refractivity contribution >= 4 is 33.2 Å². The van der Waals surface area contributed by atoms with Crippen LogP contribution in [0.2, 0.25) is 0 Å². The maximum Gasteiger partial charge on any atom is 0.129 e. The molecule has 5 heteroatoms. The van der Waals surface area contributed by atoms with E-state index in [0.29, 0.717) is 17.8 Å². The van der Waals surface area contributed by atoms with Gasteiger partial charge in [-0.1, -0.05) is 21.1 Å². The van der Waals surface area contributed by atoms with E-state index in [1.165, 1.54) is 0 Å². The zero-order valence-electron chi connectivity index (χ0n) is 12.2. The van der Waals surface area contributed by atoms with E-state index in [-0.39, 0.29) is 5.60 Å². The number of oxime groups is 1. The van der Waals surface area contributed by atoms with Crippen LogP contribution in [-0.2, 0) is 4.84 Å². The van der Waals surface area contributed by atoms with Crippen molar-refractivity contribution in [1.82, 2.24) is 0 Å². The third kappa shape index (κ3) is 6.62. The highest BCUT2D eigenvalue weighted by molar-refractivity contribution is 9.09. The van der Waals surface area contributed by atoms with Crippen molar-refractivity contribution in [2.75, 3.05) is 17.8 Å². The molecule has 1 aromatic carbocycles. The Bertz CT molecular complexity index is 426. The Morgan fingerprint density at radius 1 is 1.25 bits per heavy atom. The van der Waals surface area contributed by atoms with Crippen molar-refractivity contribution in [1.29, 1.82) is 0 Å². The van der Waals surface area contributed by atoms with Crippen LogP contribution in [0.15, 0.2) is 29.4 Å². The topological polar surface area (TPSA) is 30.8 Å². The minimum Gasteiger partial charge on any atom is -0.494 e. The molecule has 0 aliphatic heterocycles. The average Bonchev–Trinajstić information content (AvgIpc) is 2.40. The highest BCUT2D eigenvalue weighted by Gasteiger charge is 2.12. The maximum absolute atomic E-state index is 5.61. The van der Waals surface area contributed by atoms with Crippen LogP contribution in [0.4, 0.5) is 0 Å².